The standard InChI is InChI=1S/C16H32N2O2/c1-3-4-5-6-7-9-17-10-8-11-18(13-12-17)14-15(2)16(19)20/h15H,3-14H2,1-2H3,(H,19,20). The molecule has 0 bridgehead atoms. The lowest BCUT2D eigenvalue weighted by Crippen LogP contribution is -2.35. The molecule has 1 saturated heterocycles. The first kappa shape index (κ1) is 17.4. The molecule has 0 radical (unpaired) electrons. The predicted octanol–water partition coefficient (Wildman–Crippen LogP) is 2.69. The van der Waals surface area contributed by atoms with E-state index >= 15 is 0 Å². The number of nitrogens with zero attached hydrogens (tertiary/aromatic N) is 2. The van der Waals surface area contributed by atoms with Gasteiger partial charge >= 0.3 is 5.97 Å². The van der Waals surface area contributed by atoms with Gasteiger partial charge in [-0.3, -0.25) is 4.79 Å². The Morgan fingerprint density at radius 1 is 1.05 bits per heavy atom. The molecule has 0 aliphatic carbocycles. The van der Waals surface area contributed by atoms with Crippen LogP contribution >= 0.6 is 0 Å². The normalized spacial score (nSPS) is 19.7. The van der Waals surface area contributed by atoms with Crippen LogP contribution in [0.3, 0.4) is 0 Å². The van der Waals surface area contributed by atoms with E-state index in [2.05, 4.69) is 16.7 Å². The van der Waals surface area contributed by atoms with Crippen LogP contribution in [0.5, 0.6) is 0 Å². The molecule has 0 saturated carbocycles. The van der Waals surface area contributed by atoms with Gasteiger partial charge < -0.3 is 14.9 Å². The van der Waals surface area contributed by atoms with Crippen molar-refractivity contribution in [1.29, 1.82) is 0 Å². The van der Waals surface area contributed by atoms with Gasteiger partial charge in [-0.2, -0.15) is 0 Å². The third-order valence-corrected chi connectivity index (χ3v) is 4.21. The largest absolute Gasteiger partial charge is 0.481 e. The number of rotatable bonds is 9. The smallest absolute Gasteiger partial charge is 0.307 e. The average molecular weight is 284 g/mol. The zero-order valence-corrected chi connectivity index (χ0v) is 13.3. The van der Waals surface area contributed by atoms with E-state index in [0.717, 1.165) is 19.6 Å². The van der Waals surface area contributed by atoms with Gasteiger partial charge in [0.15, 0.2) is 0 Å². The topological polar surface area (TPSA) is 43.8 Å². The van der Waals surface area contributed by atoms with Crippen molar-refractivity contribution in [1.82, 2.24) is 9.80 Å². The molecule has 4 nitrogen and oxygen atoms in total. The van der Waals surface area contributed by atoms with Crippen molar-refractivity contribution < 1.29 is 9.90 Å². The average Bonchev–Trinajstić information content (AvgIpc) is 2.64. The SMILES string of the molecule is CCCCCCCN1CCCN(CC(C)C(=O)O)CC1. The number of hydrogen-bond acceptors (Lipinski definition) is 3. The molecular formula is C16H32N2O2. The third kappa shape index (κ3) is 7.25. The summed E-state index contributed by atoms with van der Waals surface area (Å²) in [5, 5.41) is 8.98. The van der Waals surface area contributed by atoms with E-state index < -0.39 is 5.97 Å². The number of carboxylic acids is 1. The van der Waals surface area contributed by atoms with Crippen LogP contribution < -0.4 is 0 Å². The zero-order chi connectivity index (χ0) is 14.8. The molecule has 1 aliphatic rings. The molecule has 1 unspecified atom stereocenters. The summed E-state index contributed by atoms with van der Waals surface area (Å²) in [5.74, 6) is -0.933. The quantitative estimate of drug-likeness (QED) is 0.661. The van der Waals surface area contributed by atoms with Crippen molar-refractivity contribution in [3.63, 3.8) is 0 Å². The zero-order valence-electron chi connectivity index (χ0n) is 13.3. The van der Waals surface area contributed by atoms with Crippen molar-refractivity contribution in [2.75, 3.05) is 39.3 Å². The molecular weight excluding hydrogens is 252 g/mol. The minimum atomic E-state index is -0.679. The van der Waals surface area contributed by atoms with E-state index in [1.54, 1.807) is 6.92 Å². The highest BCUT2D eigenvalue weighted by atomic mass is 16.4. The summed E-state index contributed by atoms with van der Waals surface area (Å²) in [6.07, 6.45) is 7.87. The van der Waals surface area contributed by atoms with Gasteiger partial charge in [0.05, 0.1) is 5.92 Å². The molecule has 0 aromatic heterocycles. The van der Waals surface area contributed by atoms with Crippen LogP contribution in [0.4, 0.5) is 0 Å². The summed E-state index contributed by atoms with van der Waals surface area (Å²) in [6.45, 7) is 10.3. The molecule has 1 rings (SSSR count). The van der Waals surface area contributed by atoms with E-state index in [9.17, 15) is 4.79 Å². The van der Waals surface area contributed by atoms with Crippen LogP contribution in [0, 0.1) is 5.92 Å². The highest BCUT2D eigenvalue weighted by molar-refractivity contribution is 5.69. The molecule has 1 fully saturated rings. The number of carboxylic acid groups (broad SMARTS) is 1. The van der Waals surface area contributed by atoms with Crippen molar-refractivity contribution in [2.24, 2.45) is 5.92 Å². The maximum Gasteiger partial charge on any atom is 0.307 e. The molecule has 0 aromatic carbocycles. The molecule has 1 aliphatic heterocycles. The summed E-state index contributed by atoms with van der Waals surface area (Å²) < 4.78 is 0. The van der Waals surface area contributed by atoms with Gasteiger partial charge in [-0.25, -0.2) is 0 Å². The van der Waals surface area contributed by atoms with Crippen molar-refractivity contribution in [3.8, 4) is 0 Å². The minimum Gasteiger partial charge on any atom is -0.481 e. The molecule has 1 atom stereocenters. The highest BCUT2D eigenvalue weighted by Gasteiger charge is 2.19. The molecule has 118 valence electrons. The first-order valence-electron chi connectivity index (χ1n) is 8.31. The van der Waals surface area contributed by atoms with Crippen LogP contribution in [0.1, 0.15) is 52.4 Å². The maximum absolute atomic E-state index is 10.9. The maximum atomic E-state index is 10.9. The molecule has 20 heavy (non-hydrogen) atoms. The summed E-state index contributed by atoms with van der Waals surface area (Å²) in [7, 11) is 0. The van der Waals surface area contributed by atoms with Gasteiger partial charge in [0.1, 0.15) is 0 Å². The van der Waals surface area contributed by atoms with Gasteiger partial charge in [0, 0.05) is 19.6 Å². The van der Waals surface area contributed by atoms with Gasteiger partial charge in [0.25, 0.3) is 0 Å². The Kier molecular flexibility index (Phi) is 8.86. The number of carbonyl (C=O) groups is 1. The van der Waals surface area contributed by atoms with Gasteiger partial charge in [0.2, 0.25) is 0 Å². The van der Waals surface area contributed by atoms with Crippen molar-refractivity contribution in [3.05, 3.63) is 0 Å². The second-order valence-electron chi connectivity index (χ2n) is 6.15. The molecule has 0 spiro atoms. The van der Waals surface area contributed by atoms with E-state index in [1.165, 1.54) is 51.6 Å². The summed E-state index contributed by atoms with van der Waals surface area (Å²) in [4.78, 5) is 15.8. The minimum absolute atomic E-state index is 0.254. The summed E-state index contributed by atoms with van der Waals surface area (Å²) in [5.41, 5.74) is 0. The Morgan fingerprint density at radius 3 is 2.40 bits per heavy atom. The second-order valence-corrected chi connectivity index (χ2v) is 6.15. The monoisotopic (exact) mass is 284 g/mol. The number of unbranched alkanes of at least 4 members (excludes halogenated alkanes) is 4. The van der Waals surface area contributed by atoms with Crippen molar-refractivity contribution >= 4 is 5.97 Å². The van der Waals surface area contributed by atoms with Crippen molar-refractivity contribution in [2.45, 2.75) is 52.4 Å². The lowest BCUT2D eigenvalue weighted by Gasteiger charge is -2.23. The third-order valence-electron chi connectivity index (χ3n) is 4.21. The van der Waals surface area contributed by atoms with Crippen LogP contribution in [0.15, 0.2) is 0 Å². The summed E-state index contributed by atoms with van der Waals surface area (Å²) in [6, 6.07) is 0. The number of hydrogen-bond donors (Lipinski definition) is 1. The molecule has 1 heterocycles. The predicted molar refractivity (Wildman–Crippen MR) is 83.1 cm³/mol. The van der Waals surface area contributed by atoms with Crippen LogP contribution in [0.2, 0.25) is 0 Å². The summed E-state index contributed by atoms with van der Waals surface area (Å²) >= 11 is 0. The fourth-order valence-electron chi connectivity index (χ4n) is 2.83. The molecule has 0 aromatic rings. The Labute approximate surface area is 124 Å². The van der Waals surface area contributed by atoms with Gasteiger partial charge in [-0.15, -0.1) is 0 Å². The fourth-order valence-corrected chi connectivity index (χ4v) is 2.83. The Hall–Kier alpha value is -0.610. The highest BCUT2D eigenvalue weighted by Crippen LogP contribution is 2.09. The molecule has 1 N–H and O–H groups in total. The van der Waals surface area contributed by atoms with Gasteiger partial charge in [-0.05, 0) is 32.5 Å². The fraction of sp³-hybridized carbons (Fsp3) is 0.938. The molecule has 4 heteroatoms. The molecule has 0 amide bonds. The number of aliphatic carboxylic acids is 1. The van der Waals surface area contributed by atoms with Gasteiger partial charge in [-0.1, -0.05) is 39.5 Å². The van der Waals surface area contributed by atoms with Crippen LogP contribution in [-0.2, 0) is 4.79 Å². The Balaban J connectivity index is 2.17. The second kappa shape index (κ2) is 10.2. The van der Waals surface area contributed by atoms with E-state index in [-0.39, 0.29) is 5.92 Å². The lowest BCUT2D eigenvalue weighted by molar-refractivity contribution is -0.141. The Bertz CT molecular complexity index is 271. The van der Waals surface area contributed by atoms with E-state index in [4.69, 9.17) is 5.11 Å². The van der Waals surface area contributed by atoms with Crippen LogP contribution in [0.25, 0.3) is 0 Å². The van der Waals surface area contributed by atoms with E-state index in [0.29, 0.717) is 6.54 Å². The van der Waals surface area contributed by atoms with E-state index in [1.807, 2.05) is 0 Å². The first-order chi connectivity index (χ1) is 9.63. The lowest BCUT2D eigenvalue weighted by atomic mass is 10.1. The van der Waals surface area contributed by atoms with Crippen LogP contribution in [-0.4, -0.2) is 60.1 Å². The Morgan fingerprint density at radius 2 is 1.70 bits per heavy atom. The first-order valence-corrected chi connectivity index (χ1v) is 8.31.